The van der Waals surface area contributed by atoms with Gasteiger partial charge in [0.2, 0.25) is 0 Å². The Bertz CT molecular complexity index is 416. The Morgan fingerprint density at radius 1 is 1.58 bits per heavy atom. The third-order valence-electron chi connectivity index (χ3n) is 1.62. The molecule has 0 amide bonds. The first-order valence-electron chi connectivity index (χ1n) is 6.04. The van der Waals surface area contributed by atoms with E-state index >= 15 is 0 Å². The molecule has 1 aromatic carbocycles. The topological polar surface area (TPSA) is 40.5 Å². The zero-order valence-corrected chi connectivity index (χ0v) is 6.70. The molecule has 0 aromatic heterocycles. The van der Waals surface area contributed by atoms with Crippen LogP contribution >= 0.6 is 0 Å². The molecule has 0 spiro atoms. The van der Waals surface area contributed by atoms with Crippen molar-refractivity contribution in [1.82, 2.24) is 0 Å². The molecule has 0 aliphatic heterocycles. The zero-order chi connectivity index (χ0) is 13.4. The summed E-state index contributed by atoms with van der Waals surface area (Å²) in [6, 6.07) is 4.20. The van der Waals surface area contributed by atoms with Crippen molar-refractivity contribution in [3.05, 3.63) is 29.3 Å². The van der Waals surface area contributed by atoms with Crippen LogP contribution < -0.4 is 5.46 Å². The van der Waals surface area contributed by atoms with Crippen LogP contribution in [0.5, 0.6) is 0 Å². The first-order valence-corrected chi connectivity index (χ1v) is 3.54. The summed E-state index contributed by atoms with van der Waals surface area (Å²) in [5.74, 6) is 0. The van der Waals surface area contributed by atoms with Gasteiger partial charge in [0, 0.05) is 6.85 Å². The Balaban J connectivity index is 3.43. The lowest BCUT2D eigenvalue weighted by molar-refractivity contribution is 0.425. The maximum atomic E-state index is 9.13. The molecule has 2 N–H and O–H groups in total. The quantitative estimate of drug-likeness (QED) is 0.622. The van der Waals surface area contributed by atoms with Gasteiger partial charge in [-0.1, -0.05) is 30.6 Å². The predicted octanol–water partition coefficient (Wildman–Crippen LogP) is 0.237. The van der Waals surface area contributed by atoms with Crippen LogP contribution in [0.2, 0.25) is 0 Å². The van der Waals surface area contributed by atoms with Crippen molar-refractivity contribution in [2.24, 2.45) is 0 Å². The summed E-state index contributed by atoms with van der Waals surface area (Å²) in [5.41, 5.74) is 0.307. The van der Waals surface area contributed by atoms with Crippen LogP contribution in [-0.4, -0.2) is 17.2 Å². The predicted molar refractivity (Wildman–Crippen MR) is 50.4 cm³/mol. The van der Waals surface area contributed by atoms with Gasteiger partial charge in [-0.05, 0) is 24.3 Å². The monoisotopic (exact) mass is 169 g/mol. The van der Waals surface area contributed by atoms with Crippen molar-refractivity contribution >= 4 is 12.6 Å². The fourth-order valence-corrected chi connectivity index (χ4v) is 1.00. The van der Waals surface area contributed by atoms with E-state index in [2.05, 4.69) is 0 Å². The molecule has 1 rings (SSSR count). The molecule has 0 aliphatic carbocycles. The molecule has 1 aromatic rings. The highest BCUT2D eigenvalue weighted by molar-refractivity contribution is 6.59. The van der Waals surface area contributed by atoms with E-state index < -0.39 is 20.3 Å². The average Bonchev–Trinajstić information content (AvgIpc) is 2.15. The fourth-order valence-electron chi connectivity index (χ4n) is 1.00. The van der Waals surface area contributed by atoms with Crippen molar-refractivity contribution in [3.8, 4) is 0 Å². The Hall–Kier alpha value is -0.795. The molecular weight excluding hydrogens is 151 g/mol. The number of hydrogen-bond donors (Lipinski definition) is 2. The highest BCUT2D eigenvalue weighted by Gasteiger charge is 2.14. The molecule has 3 heteroatoms. The van der Waals surface area contributed by atoms with Gasteiger partial charge < -0.3 is 10.0 Å². The maximum absolute atomic E-state index is 9.13. The number of rotatable bonds is 2. The third-order valence-corrected chi connectivity index (χ3v) is 1.62. The molecule has 12 heavy (non-hydrogen) atoms. The van der Waals surface area contributed by atoms with Gasteiger partial charge in [-0.25, -0.2) is 0 Å². The van der Waals surface area contributed by atoms with E-state index in [4.69, 9.17) is 16.9 Å². The molecule has 0 saturated carbocycles. The van der Waals surface area contributed by atoms with Gasteiger partial charge in [0.25, 0.3) is 0 Å². The van der Waals surface area contributed by atoms with Crippen molar-refractivity contribution in [2.45, 2.75) is 20.1 Å². The van der Waals surface area contributed by atoms with Crippen LogP contribution in [0.1, 0.15) is 24.8 Å². The van der Waals surface area contributed by atoms with E-state index in [1.165, 1.54) is 12.1 Å². The van der Waals surface area contributed by atoms with E-state index in [-0.39, 0.29) is 11.0 Å². The summed E-state index contributed by atoms with van der Waals surface area (Å²) >= 11 is 0. The van der Waals surface area contributed by atoms with Crippen LogP contribution in [0, 0.1) is 6.92 Å². The first-order chi connectivity index (χ1) is 7.57. The normalized spacial score (nSPS) is 18.4. The summed E-state index contributed by atoms with van der Waals surface area (Å²) in [4.78, 5) is 0. The minimum absolute atomic E-state index is 0.128. The number of benzene rings is 1. The number of hydrogen-bond acceptors (Lipinski definition) is 2. The molecule has 64 valence electrons. The molecule has 0 fully saturated rings. The SMILES string of the molecule is [2H]C([2H])([2H])C([2H])([2H])c1cc(C)ccc1B(O)O. The molecule has 2 nitrogen and oxygen atoms in total. The Morgan fingerprint density at radius 3 is 2.92 bits per heavy atom. The third kappa shape index (κ3) is 1.87. The van der Waals surface area contributed by atoms with Gasteiger partial charge in [0.15, 0.2) is 0 Å². The van der Waals surface area contributed by atoms with Crippen LogP contribution in [-0.2, 0) is 6.37 Å². The lowest BCUT2D eigenvalue weighted by Gasteiger charge is -2.07. The van der Waals surface area contributed by atoms with Crippen LogP contribution in [0.3, 0.4) is 0 Å². The smallest absolute Gasteiger partial charge is 0.423 e. The van der Waals surface area contributed by atoms with Gasteiger partial charge in [-0.15, -0.1) is 0 Å². The number of aryl methyl sites for hydroxylation is 2. The molecule has 0 aliphatic rings. The second kappa shape index (κ2) is 3.74. The second-order valence-corrected chi connectivity index (χ2v) is 2.59. The molecule has 0 heterocycles. The lowest BCUT2D eigenvalue weighted by Crippen LogP contribution is -2.32. The van der Waals surface area contributed by atoms with Crippen LogP contribution in [0.4, 0.5) is 0 Å². The lowest BCUT2D eigenvalue weighted by atomic mass is 9.76. The van der Waals surface area contributed by atoms with E-state index in [1.54, 1.807) is 13.0 Å². The van der Waals surface area contributed by atoms with Gasteiger partial charge in [-0.2, -0.15) is 0 Å². The molecule has 0 saturated heterocycles. The maximum Gasteiger partial charge on any atom is 0.488 e. The summed E-state index contributed by atoms with van der Waals surface area (Å²) in [6.45, 7) is -1.20. The fraction of sp³-hybridized carbons (Fsp3) is 0.333. The molecule has 0 radical (unpaired) electrons. The molecular formula is C9H13BO2. The van der Waals surface area contributed by atoms with Crippen LogP contribution in [0.25, 0.3) is 0 Å². The molecule has 0 atom stereocenters. The van der Waals surface area contributed by atoms with Crippen LogP contribution in [0.15, 0.2) is 18.2 Å². The average molecular weight is 169 g/mol. The minimum atomic E-state index is -2.87. The minimum Gasteiger partial charge on any atom is -0.423 e. The van der Waals surface area contributed by atoms with Gasteiger partial charge in [0.1, 0.15) is 0 Å². The van der Waals surface area contributed by atoms with Crippen molar-refractivity contribution < 1.29 is 16.9 Å². The van der Waals surface area contributed by atoms with Crippen molar-refractivity contribution in [1.29, 1.82) is 0 Å². The largest absolute Gasteiger partial charge is 0.488 e. The Kier molecular flexibility index (Phi) is 1.38. The summed E-state index contributed by atoms with van der Waals surface area (Å²) in [6.07, 6.45) is -2.63. The highest BCUT2D eigenvalue weighted by atomic mass is 16.4. The van der Waals surface area contributed by atoms with E-state index in [1.807, 2.05) is 0 Å². The van der Waals surface area contributed by atoms with Gasteiger partial charge in [-0.3, -0.25) is 0 Å². The van der Waals surface area contributed by atoms with E-state index in [0.29, 0.717) is 5.56 Å². The van der Waals surface area contributed by atoms with Crippen molar-refractivity contribution in [2.75, 3.05) is 0 Å². The van der Waals surface area contributed by atoms with Crippen molar-refractivity contribution in [3.63, 3.8) is 0 Å². The van der Waals surface area contributed by atoms with Gasteiger partial charge in [0.05, 0.1) is 0 Å². The standard InChI is InChI=1S/C9H13BO2/c1-3-8-6-7(2)4-5-9(8)10(11)12/h4-6,11-12H,3H2,1-2H3/i1D3,3D2. The Morgan fingerprint density at radius 2 is 2.33 bits per heavy atom. The summed E-state index contributed by atoms with van der Waals surface area (Å²) in [5, 5.41) is 18.3. The summed E-state index contributed by atoms with van der Waals surface area (Å²) in [7, 11) is -1.90. The molecule has 0 bridgehead atoms. The first kappa shape index (κ1) is 4.44. The molecule has 0 unspecified atom stereocenters. The van der Waals surface area contributed by atoms with E-state index in [9.17, 15) is 0 Å². The Labute approximate surface area is 80.0 Å². The zero-order valence-electron chi connectivity index (χ0n) is 11.7. The van der Waals surface area contributed by atoms with E-state index in [0.717, 1.165) is 0 Å². The van der Waals surface area contributed by atoms with Gasteiger partial charge >= 0.3 is 7.12 Å². The summed E-state index contributed by atoms with van der Waals surface area (Å²) < 4.78 is 36.8. The highest BCUT2D eigenvalue weighted by Crippen LogP contribution is 2.02. The second-order valence-electron chi connectivity index (χ2n) is 2.59.